The van der Waals surface area contributed by atoms with Crippen LogP contribution in [-0.2, 0) is 13.2 Å². The highest BCUT2D eigenvalue weighted by Gasteiger charge is 2.20. The van der Waals surface area contributed by atoms with Crippen molar-refractivity contribution in [1.82, 2.24) is 24.1 Å². The quantitative estimate of drug-likeness (QED) is 0.417. The van der Waals surface area contributed by atoms with Gasteiger partial charge in [-0.2, -0.15) is 5.10 Å². The second kappa shape index (κ2) is 7.40. The first-order valence-corrected chi connectivity index (χ1v) is 10.2. The number of aromatic nitrogens is 5. The van der Waals surface area contributed by atoms with Gasteiger partial charge >= 0.3 is 0 Å². The van der Waals surface area contributed by atoms with Crippen LogP contribution in [0.3, 0.4) is 0 Å². The van der Waals surface area contributed by atoms with Crippen molar-refractivity contribution in [3.8, 4) is 22.4 Å². The molecule has 0 aliphatic heterocycles. The Hall–Kier alpha value is -2.93. The van der Waals surface area contributed by atoms with Crippen molar-refractivity contribution in [3.63, 3.8) is 0 Å². The summed E-state index contributed by atoms with van der Waals surface area (Å²) in [5, 5.41) is 16.3. The Morgan fingerprint density at radius 2 is 1.87 bits per heavy atom. The third-order valence-electron chi connectivity index (χ3n) is 5.19. The molecule has 8 heteroatoms. The van der Waals surface area contributed by atoms with Crippen LogP contribution in [0.25, 0.3) is 38.9 Å². The van der Waals surface area contributed by atoms with Crippen LogP contribution in [-0.4, -0.2) is 29.3 Å². The molecule has 5 rings (SSSR count). The Morgan fingerprint density at radius 1 is 1.07 bits per heavy atom. The van der Waals surface area contributed by atoms with Gasteiger partial charge in [-0.3, -0.25) is 9.67 Å². The van der Waals surface area contributed by atoms with Crippen molar-refractivity contribution in [3.05, 3.63) is 70.9 Å². The monoisotopic (exact) mass is 437 g/mol. The number of hydrogen-bond donors (Lipinski definition) is 1. The fourth-order valence-corrected chi connectivity index (χ4v) is 4.24. The summed E-state index contributed by atoms with van der Waals surface area (Å²) in [5.74, 6) is 0. The summed E-state index contributed by atoms with van der Waals surface area (Å²) < 4.78 is 3.73. The second-order valence-electron chi connectivity index (χ2n) is 6.91. The Morgan fingerprint density at radius 3 is 2.57 bits per heavy atom. The van der Waals surface area contributed by atoms with Crippen LogP contribution in [0.15, 0.2) is 55.1 Å². The van der Waals surface area contributed by atoms with Gasteiger partial charge in [0.15, 0.2) is 0 Å². The molecular formula is C22H17Cl2N5O. The van der Waals surface area contributed by atoms with E-state index >= 15 is 0 Å². The minimum Gasteiger partial charge on any atom is -0.390 e. The normalized spacial score (nSPS) is 11.6. The molecule has 1 N–H and O–H groups in total. The SMILES string of the molecule is CCn1cc(-c2cnc3ccn4c(CO)c(-c5c(Cl)cccc5Cl)nc4c3c2)cn1. The van der Waals surface area contributed by atoms with E-state index in [0.29, 0.717) is 32.6 Å². The number of rotatable bonds is 4. The van der Waals surface area contributed by atoms with Gasteiger partial charge in [-0.15, -0.1) is 0 Å². The Balaban J connectivity index is 1.79. The molecule has 0 aliphatic carbocycles. The maximum absolute atomic E-state index is 10.1. The smallest absolute Gasteiger partial charge is 0.147 e. The fraction of sp³-hybridized carbons (Fsp3) is 0.136. The van der Waals surface area contributed by atoms with Crippen LogP contribution in [0.5, 0.6) is 0 Å². The van der Waals surface area contributed by atoms with E-state index in [1.807, 2.05) is 52.9 Å². The summed E-state index contributed by atoms with van der Waals surface area (Å²) in [6.45, 7) is 2.63. The Labute approximate surface area is 182 Å². The van der Waals surface area contributed by atoms with Gasteiger partial charge in [0.05, 0.1) is 39.8 Å². The summed E-state index contributed by atoms with van der Waals surface area (Å²) in [6.07, 6.45) is 7.50. The third-order valence-corrected chi connectivity index (χ3v) is 5.82. The molecule has 1 aromatic carbocycles. The molecule has 0 atom stereocenters. The van der Waals surface area contributed by atoms with Crippen molar-refractivity contribution in [2.75, 3.05) is 0 Å². The van der Waals surface area contributed by atoms with Gasteiger partial charge < -0.3 is 9.51 Å². The molecule has 0 bridgehead atoms. The lowest BCUT2D eigenvalue weighted by Gasteiger charge is -2.06. The highest BCUT2D eigenvalue weighted by Crippen LogP contribution is 2.37. The molecule has 5 aromatic rings. The standard InChI is InChI=1S/C22H17Cl2N5O/c1-2-28-11-14(10-26-28)13-8-15-18(25-9-13)6-7-29-19(12-30)21(27-22(15)29)20-16(23)4-3-5-17(20)24/h3-11,30H,2,12H2,1H3. The number of aryl methyl sites for hydroxylation is 1. The molecule has 150 valence electrons. The van der Waals surface area contributed by atoms with Crippen LogP contribution in [0.1, 0.15) is 12.6 Å². The first-order chi connectivity index (χ1) is 14.6. The van der Waals surface area contributed by atoms with Gasteiger partial charge in [0, 0.05) is 47.2 Å². The summed E-state index contributed by atoms with van der Waals surface area (Å²) in [7, 11) is 0. The van der Waals surface area contributed by atoms with E-state index in [1.54, 1.807) is 18.2 Å². The molecule has 0 amide bonds. The van der Waals surface area contributed by atoms with Crippen LogP contribution in [0.4, 0.5) is 0 Å². The minimum atomic E-state index is -0.208. The second-order valence-corrected chi connectivity index (χ2v) is 7.73. The summed E-state index contributed by atoms with van der Waals surface area (Å²) in [4.78, 5) is 9.44. The van der Waals surface area contributed by atoms with E-state index in [2.05, 4.69) is 10.1 Å². The van der Waals surface area contributed by atoms with E-state index in [1.165, 1.54) is 0 Å². The lowest BCUT2D eigenvalue weighted by Crippen LogP contribution is -1.95. The lowest BCUT2D eigenvalue weighted by molar-refractivity contribution is 0.276. The van der Waals surface area contributed by atoms with Crippen molar-refractivity contribution in [2.45, 2.75) is 20.1 Å². The summed E-state index contributed by atoms with van der Waals surface area (Å²) in [6, 6.07) is 9.25. The zero-order valence-corrected chi connectivity index (χ0v) is 17.6. The molecule has 0 aliphatic rings. The van der Waals surface area contributed by atoms with Gasteiger partial charge in [0.2, 0.25) is 0 Å². The molecule has 0 saturated carbocycles. The average molecular weight is 438 g/mol. The molecule has 4 aromatic heterocycles. The first kappa shape index (κ1) is 19.1. The number of hydrogen-bond acceptors (Lipinski definition) is 4. The largest absolute Gasteiger partial charge is 0.390 e. The predicted molar refractivity (Wildman–Crippen MR) is 119 cm³/mol. The van der Waals surface area contributed by atoms with Crippen LogP contribution in [0.2, 0.25) is 10.0 Å². The molecule has 0 unspecified atom stereocenters. The van der Waals surface area contributed by atoms with Gasteiger partial charge in [-0.05, 0) is 31.2 Å². The molecule has 0 radical (unpaired) electrons. The van der Waals surface area contributed by atoms with Crippen LogP contribution in [0, 0.1) is 0 Å². The zero-order chi connectivity index (χ0) is 20.8. The number of fused-ring (bicyclic) bond motifs is 3. The fourth-order valence-electron chi connectivity index (χ4n) is 3.67. The summed E-state index contributed by atoms with van der Waals surface area (Å²) >= 11 is 12.8. The predicted octanol–water partition coefficient (Wildman–Crippen LogP) is 5.23. The van der Waals surface area contributed by atoms with E-state index in [4.69, 9.17) is 28.2 Å². The maximum Gasteiger partial charge on any atom is 0.147 e. The molecule has 4 heterocycles. The van der Waals surface area contributed by atoms with E-state index < -0.39 is 0 Å². The van der Waals surface area contributed by atoms with Crippen LogP contribution >= 0.6 is 23.2 Å². The molecule has 0 fully saturated rings. The van der Waals surface area contributed by atoms with E-state index in [0.717, 1.165) is 28.6 Å². The Bertz CT molecular complexity index is 1390. The highest BCUT2D eigenvalue weighted by molar-refractivity contribution is 6.39. The van der Waals surface area contributed by atoms with Crippen molar-refractivity contribution >= 4 is 39.8 Å². The van der Waals surface area contributed by atoms with Gasteiger partial charge in [-0.1, -0.05) is 29.3 Å². The van der Waals surface area contributed by atoms with Gasteiger partial charge in [0.1, 0.15) is 5.65 Å². The number of imidazole rings is 1. The van der Waals surface area contributed by atoms with Crippen molar-refractivity contribution < 1.29 is 5.11 Å². The molecule has 0 saturated heterocycles. The number of halogens is 2. The Kier molecular flexibility index (Phi) is 4.70. The minimum absolute atomic E-state index is 0.208. The van der Waals surface area contributed by atoms with Gasteiger partial charge in [-0.25, -0.2) is 4.98 Å². The van der Waals surface area contributed by atoms with Crippen LogP contribution < -0.4 is 0 Å². The topological polar surface area (TPSA) is 68.2 Å². The molecular weight excluding hydrogens is 421 g/mol. The first-order valence-electron chi connectivity index (χ1n) is 9.48. The zero-order valence-electron chi connectivity index (χ0n) is 16.0. The molecule has 6 nitrogen and oxygen atoms in total. The molecule has 30 heavy (non-hydrogen) atoms. The maximum atomic E-state index is 10.1. The van der Waals surface area contributed by atoms with E-state index in [-0.39, 0.29) is 6.61 Å². The summed E-state index contributed by atoms with van der Waals surface area (Å²) in [5.41, 5.74) is 5.20. The van der Waals surface area contributed by atoms with Crippen molar-refractivity contribution in [1.29, 1.82) is 0 Å². The third kappa shape index (κ3) is 2.96. The van der Waals surface area contributed by atoms with E-state index in [9.17, 15) is 5.11 Å². The number of aliphatic hydroxyl groups is 1. The molecule has 0 spiro atoms. The van der Waals surface area contributed by atoms with Crippen molar-refractivity contribution in [2.24, 2.45) is 0 Å². The number of aliphatic hydroxyl groups excluding tert-OH is 1. The average Bonchev–Trinajstić information content (AvgIpc) is 3.38. The van der Waals surface area contributed by atoms with Gasteiger partial charge in [0.25, 0.3) is 0 Å². The number of benzene rings is 1. The number of nitrogens with zero attached hydrogens (tertiary/aromatic N) is 5. The lowest BCUT2D eigenvalue weighted by atomic mass is 10.1. The number of pyridine rings is 2. The highest BCUT2D eigenvalue weighted by atomic mass is 35.5.